The lowest BCUT2D eigenvalue weighted by Gasteiger charge is -2.12. The van der Waals surface area contributed by atoms with E-state index >= 15 is 0 Å². The molecular weight excluding hydrogens is 276 g/mol. The number of benzene rings is 1. The topological polar surface area (TPSA) is 52.6 Å². The number of carbonyl (C=O) groups is 2. The monoisotopic (exact) mass is 284 g/mol. The second kappa shape index (κ2) is 4.25. The van der Waals surface area contributed by atoms with Crippen molar-refractivity contribution in [2.45, 2.75) is 12.3 Å². The van der Waals surface area contributed by atoms with Gasteiger partial charge in [-0.25, -0.2) is 0 Å². The van der Waals surface area contributed by atoms with Crippen molar-refractivity contribution in [1.29, 1.82) is 0 Å². The number of methoxy groups -OCH3 is 1. The van der Waals surface area contributed by atoms with Gasteiger partial charge in [-0.2, -0.15) is 0 Å². The van der Waals surface area contributed by atoms with Crippen LogP contribution in [0.2, 0.25) is 0 Å². The van der Waals surface area contributed by atoms with Crippen molar-refractivity contribution in [1.82, 2.24) is 0 Å². The van der Waals surface area contributed by atoms with Crippen molar-refractivity contribution in [3.63, 3.8) is 0 Å². The Kier molecular flexibility index (Phi) is 2.96. The molecule has 0 bridgehead atoms. The van der Waals surface area contributed by atoms with Gasteiger partial charge in [-0.15, -0.1) is 0 Å². The molecule has 0 amide bonds. The minimum absolute atomic E-state index is 0.0673. The molecule has 16 heavy (non-hydrogen) atoms. The van der Waals surface area contributed by atoms with E-state index in [0.29, 0.717) is 11.3 Å². The zero-order valence-electron chi connectivity index (χ0n) is 8.53. The van der Waals surface area contributed by atoms with Crippen LogP contribution >= 0.6 is 15.9 Å². The third kappa shape index (κ3) is 1.82. The summed E-state index contributed by atoms with van der Waals surface area (Å²) >= 11 is 3.35. The maximum atomic E-state index is 11.5. The van der Waals surface area contributed by atoms with Gasteiger partial charge in [0.25, 0.3) is 0 Å². The van der Waals surface area contributed by atoms with Crippen molar-refractivity contribution < 1.29 is 19.1 Å². The summed E-state index contributed by atoms with van der Waals surface area (Å²) in [4.78, 5) is 22.5. The SMILES string of the molecule is COc1cccc(Br)c1C1CC(=O)OC1=O. The van der Waals surface area contributed by atoms with Gasteiger partial charge in [0, 0.05) is 10.0 Å². The predicted octanol–water partition coefficient (Wildman–Crippen LogP) is 2.01. The summed E-state index contributed by atoms with van der Waals surface area (Å²) in [5, 5.41) is 0. The number of halogens is 1. The molecule has 0 aliphatic carbocycles. The number of esters is 2. The van der Waals surface area contributed by atoms with Gasteiger partial charge in [0.1, 0.15) is 5.75 Å². The molecule has 1 aliphatic heterocycles. The largest absolute Gasteiger partial charge is 0.496 e. The molecule has 1 aliphatic rings. The molecule has 0 spiro atoms. The molecule has 2 rings (SSSR count). The van der Waals surface area contributed by atoms with E-state index in [4.69, 9.17) is 4.74 Å². The Hall–Kier alpha value is -1.36. The second-order valence-corrected chi connectivity index (χ2v) is 4.26. The molecule has 1 saturated heterocycles. The minimum atomic E-state index is -0.571. The van der Waals surface area contributed by atoms with Gasteiger partial charge in [-0.05, 0) is 12.1 Å². The number of rotatable bonds is 2. The van der Waals surface area contributed by atoms with Crippen LogP contribution in [0.25, 0.3) is 0 Å². The Morgan fingerprint density at radius 2 is 2.19 bits per heavy atom. The third-order valence-corrected chi connectivity index (χ3v) is 3.14. The first-order chi connectivity index (χ1) is 7.63. The highest BCUT2D eigenvalue weighted by molar-refractivity contribution is 9.10. The van der Waals surface area contributed by atoms with E-state index in [0.717, 1.165) is 4.47 Å². The van der Waals surface area contributed by atoms with Crippen molar-refractivity contribution >= 4 is 27.9 Å². The van der Waals surface area contributed by atoms with Crippen molar-refractivity contribution in [2.75, 3.05) is 7.11 Å². The Balaban J connectivity index is 2.47. The average molecular weight is 285 g/mol. The fraction of sp³-hybridized carbons (Fsp3) is 0.273. The smallest absolute Gasteiger partial charge is 0.321 e. The maximum absolute atomic E-state index is 11.5. The van der Waals surface area contributed by atoms with E-state index in [1.165, 1.54) is 7.11 Å². The lowest BCUT2D eigenvalue weighted by Crippen LogP contribution is -2.08. The molecule has 1 aromatic carbocycles. The maximum Gasteiger partial charge on any atom is 0.321 e. The molecule has 0 saturated carbocycles. The Morgan fingerprint density at radius 3 is 2.75 bits per heavy atom. The van der Waals surface area contributed by atoms with Crippen molar-refractivity contribution in [2.24, 2.45) is 0 Å². The molecule has 1 aromatic rings. The third-order valence-electron chi connectivity index (χ3n) is 2.45. The van der Waals surface area contributed by atoms with Crippen LogP contribution in [0.3, 0.4) is 0 Å². The van der Waals surface area contributed by atoms with Gasteiger partial charge < -0.3 is 9.47 Å². The number of hydrogen-bond donors (Lipinski definition) is 0. The summed E-state index contributed by atoms with van der Waals surface area (Å²) in [5.41, 5.74) is 0.667. The average Bonchev–Trinajstić information content (AvgIpc) is 2.57. The normalized spacial score (nSPS) is 19.8. The van der Waals surface area contributed by atoms with Gasteiger partial charge >= 0.3 is 11.9 Å². The van der Waals surface area contributed by atoms with Crippen LogP contribution < -0.4 is 4.74 Å². The zero-order valence-corrected chi connectivity index (χ0v) is 10.1. The first kappa shape index (κ1) is 11.1. The van der Waals surface area contributed by atoms with Gasteiger partial charge in [0.15, 0.2) is 0 Å². The summed E-state index contributed by atoms with van der Waals surface area (Å²) in [6, 6.07) is 5.35. The standard InChI is InChI=1S/C11H9BrO4/c1-15-8-4-2-3-7(12)10(8)6-5-9(13)16-11(6)14/h2-4,6H,5H2,1H3. The van der Waals surface area contributed by atoms with Gasteiger partial charge in [0.2, 0.25) is 0 Å². The van der Waals surface area contributed by atoms with E-state index < -0.39 is 17.9 Å². The Morgan fingerprint density at radius 1 is 1.44 bits per heavy atom. The van der Waals surface area contributed by atoms with Crippen molar-refractivity contribution in [3.05, 3.63) is 28.2 Å². The Labute approximate surface area is 101 Å². The fourth-order valence-electron chi connectivity index (χ4n) is 1.73. The lowest BCUT2D eigenvalue weighted by atomic mass is 9.97. The number of carbonyl (C=O) groups excluding carboxylic acids is 2. The number of cyclic esters (lactones) is 2. The molecule has 1 fully saturated rings. The molecule has 0 N–H and O–H groups in total. The quantitative estimate of drug-likeness (QED) is 0.616. The molecule has 1 atom stereocenters. The second-order valence-electron chi connectivity index (χ2n) is 3.41. The summed E-state index contributed by atoms with van der Waals surface area (Å²) in [6.07, 6.45) is 0.0673. The molecule has 1 unspecified atom stereocenters. The van der Waals surface area contributed by atoms with Crippen LogP contribution in [-0.4, -0.2) is 19.0 Å². The number of hydrogen-bond acceptors (Lipinski definition) is 4. The molecule has 0 aromatic heterocycles. The summed E-state index contributed by atoms with van der Waals surface area (Å²) in [5.74, 6) is -1.01. The summed E-state index contributed by atoms with van der Waals surface area (Å²) < 4.78 is 10.4. The predicted molar refractivity (Wildman–Crippen MR) is 59.2 cm³/mol. The molecule has 0 radical (unpaired) electrons. The van der Waals surface area contributed by atoms with Gasteiger partial charge in [-0.3, -0.25) is 9.59 Å². The fourth-order valence-corrected chi connectivity index (χ4v) is 2.35. The molecule has 5 heteroatoms. The van der Waals surface area contributed by atoms with Crippen LogP contribution in [-0.2, 0) is 14.3 Å². The van der Waals surface area contributed by atoms with Gasteiger partial charge in [-0.1, -0.05) is 22.0 Å². The highest BCUT2D eigenvalue weighted by Crippen LogP contribution is 2.38. The summed E-state index contributed by atoms with van der Waals surface area (Å²) in [6.45, 7) is 0. The molecular formula is C11H9BrO4. The highest BCUT2D eigenvalue weighted by Gasteiger charge is 2.37. The van der Waals surface area contributed by atoms with E-state index in [1.807, 2.05) is 0 Å². The van der Waals surface area contributed by atoms with Crippen molar-refractivity contribution in [3.8, 4) is 5.75 Å². The minimum Gasteiger partial charge on any atom is -0.496 e. The van der Waals surface area contributed by atoms with Crippen LogP contribution in [0.1, 0.15) is 17.9 Å². The van der Waals surface area contributed by atoms with E-state index in [1.54, 1.807) is 18.2 Å². The van der Waals surface area contributed by atoms with E-state index in [2.05, 4.69) is 20.7 Å². The van der Waals surface area contributed by atoms with Crippen LogP contribution in [0.5, 0.6) is 5.75 Å². The molecule has 1 heterocycles. The highest BCUT2D eigenvalue weighted by atomic mass is 79.9. The van der Waals surface area contributed by atoms with Gasteiger partial charge in [0.05, 0.1) is 19.4 Å². The number of ether oxygens (including phenoxy) is 2. The molecule has 84 valence electrons. The zero-order chi connectivity index (χ0) is 11.7. The van der Waals surface area contributed by atoms with Crippen LogP contribution in [0.4, 0.5) is 0 Å². The first-order valence-electron chi connectivity index (χ1n) is 4.70. The lowest BCUT2D eigenvalue weighted by molar-refractivity contribution is -0.152. The molecule has 4 nitrogen and oxygen atoms in total. The van der Waals surface area contributed by atoms with Crippen LogP contribution in [0, 0.1) is 0 Å². The van der Waals surface area contributed by atoms with Crippen LogP contribution in [0.15, 0.2) is 22.7 Å². The van der Waals surface area contributed by atoms with E-state index in [9.17, 15) is 9.59 Å². The Bertz CT molecular complexity index is 455. The first-order valence-corrected chi connectivity index (χ1v) is 5.49. The summed E-state index contributed by atoms with van der Waals surface area (Å²) in [7, 11) is 1.52. The van der Waals surface area contributed by atoms with E-state index in [-0.39, 0.29) is 6.42 Å².